The third kappa shape index (κ3) is 3.34. The minimum absolute atomic E-state index is 0.281. The predicted octanol–water partition coefficient (Wildman–Crippen LogP) is 4.17. The second kappa shape index (κ2) is 7.51. The van der Waals surface area contributed by atoms with Crippen LogP contribution in [-0.2, 0) is 18.7 Å². The van der Waals surface area contributed by atoms with Crippen LogP contribution in [-0.4, -0.2) is 26.5 Å². The zero-order chi connectivity index (χ0) is 17.9. The van der Waals surface area contributed by atoms with Crippen LogP contribution in [0.15, 0.2) is 41.4 Å². The van der Waals surface area contributed by atoms with Gasteiger partial charge in [-0.3, -0.25) is 0 Å². The number of aromatic nitrogens is 4. The molecule has 4 rings (SSSR count). The number of allylic oxidation sites excluding steroid dienone is 1. The van der Waals surface area contributed by atoms with E-state index >= 15 is 0 Å². The Kier molecular flexibility index (Phi) is 4.94. The molecule has 3 aromatic rings. The second-order valence-corrected chi connectivity index (χ2v) is 7.45. The first-order valence-electron chi connectivity index (χ1n) is 8.28. The van der Waals surface area contributed by atoms with E-state index in [-0.39, 0.29) is 6.79 Å². The summed E-state index contributed by atoms with van der Waals surface area (Å²) in [6.45, 7) is 6.90. The Morgan fingerprint density at radius 1 is 1.31 bits per heavy atom. The van der Waals surface area contributed by atoms with Gasteiger partial charge in [0.05, 0.1) is 5.69 Å². The normalized spacial score (nSPS) is 12.5. The molecule has 0 unspecified atom stereocenters. The molecule has 134 valence electrons. The van der Waals surface area contributed by atoms with Gasteiger partial charge in [0.2, 0.25) is 6.79 Å². The van der Waals surface area contributed by atoms with E-state index in [1.165, 1.54) is 0 Å². The van der Waals surface area contributed by atoms with Crippen LogP contribution in [0.2, 0.25) is 0 Å². The largest absolute Gasteiger partial charge is 0.454 e. The van der Waals surface area contributed by atoms with Crippen molar-refractivity contribution in [3.8, 4) is 22.1 Å². The summed E-state index contributed by atoms with van der Waals surface area (Å²) in [5.41, 5.74) is 2.07. The van der Waals surface area contributed by atoms with Crippen molar-refractivity contribution in [1.82, 2.24) is 19.7 Å². The van der Waals surface area contributed by atoms with E-state index in [4.69, 9.17) is 14.5 Å². The number of benzene rings is 1. The summed E-state index contributed by atoms with van der Waals surface area (Å²) in [4.78, 5) is 4.75. The first-order chi connectivity index (χ1) is 12.8. The van der Waals surface area contributed by atoms with Gasteiger partial charge >= 0.3 is 0 Å². The van der Waals surface area contributed by atoms with Crippen molar-refractivity contribution >= 4 is 23.1 Å². The molecule has 0 radical (unpaired) electrons. The molecule has 1 aliphatic rings. The molecule has 0 aliphatic carbocycles. The standard InChI is InChI=1S/C18H18N4O2S2/c1-3-7-22-16(4-2)20-21-18(22)26-10-13-9-25-17(19-13)12-5-6-14-15(8-12)24-11-23-14/h3,5-6,8-9H,1,4,7,10-11H2,2H3. The van der Waals surface area contributed by atoms with E-state index in [0.29, 0.717) is 0 Å². The number of thioether (sulfide) groups is 1. The highest BCUT2D eigenvalue weighted by Crippen LogP contribution is 2.37. The van der Waals surface area contributed by atoms with Crippen LogP contribution >= 0.6 is 23.1 Å². The van der Waals surface area contributed by atoms with Crippen LogP contribution in [0.3, 0.4) is 0 Å². The van der Waals surface area contributed by atoms with Crippen molar-refractivity contribution < 1.29 is 9.47 Å². The molecule has 3 heterocycles. The molecule has 0 atom stereocenters. The Hall–Kier alpha value is -2.32. The Balaban J connectivity index is 1.48. The fraction of sp³-hybridized carbons (Fsp3) is 0.278. The zero-order valence-electron chi connectivity index (χ0n) is 14.3. The average Bonchev–Trinajstić information content (AvgIpc) is 3.39. The van der Waals surface area contributed by atoms with Crippen molar-refractivity contribution in [3.05, 3.63) is 47.8 Å². The number of aryl methyl sites for hydroxylation is 1. The molecule has 26 heavy (non-hydrogen) atoms. The van der Waals surface area contributed by atoms with Gasteiger partial charge in [-0.25, -0.2) is 4.98 Å². The van der Waals surface area contributed by atoms with E-state index in [0.717, 1.165) is 57.5 Å². The molecular formula is C18H18N4O2S2. The first kappa shape index (κ1) is 17.1. The summed E-state index contributed by atoms with van der Waals surface area (Å²) in [7, 11) is 0. The molecule has 0 amide bonds. The third-order valence-electron chi connectivity index (χ3n) is 3.94. The molecule has 0 spiro atoms. The van der Waals surface area contributed by atoms with Gasteiger partial charge in [0.15, 0.2) is 16.7 Å². The van der Waals surface area contributed by atoms with Crippen molar-refractivity contribution in [3.63, 3.8) is 0 Å². The van der Waals surface area contributed by atoms with Gasteiger partial charge in [0, 0.05) is 29.7 Å². The summed E-state index contributed by atoms with van der Waals surface area (Å²) in [5, 5.41) is 12.5. The minimum Gasteiger partial charge on any atom is -0.454 e. The molecule has 0 saturated carbocycles. The van der Waals surface area contributed by atoms with Crippen molar-refractivity contribution in [2.45, 2.75) is 30.8 Å². The van der Waals surface area contributed by atoms with Gasteiger partial charge in [0.25, 0.3) is 0 Å². The van der Waals surface area contributed by atoms with Gasteiger partial charge in [-0.15, -0.1) is 28.1 Å². The Labute approximate surface area is 159 Å². The second-order valence-electron chi connectivity index (χ2n) is 5.65. The van der Waals surface area contributed by atoms with E-state index in [2.05, 4.69) is 33.6 Å². The van der Waals surface area contributed by atoms with Gasteiger partial charge in [-0.2, -0.15) is 0 Å². The Morgan fingerprint density at radius 3 is 3.04 bits per heavy atom. The smallest absolute Gasteiger partial charge is 0.231 e. The maximum absolute atomic E-state index is 5.45. The number of hydrogen-bond acceptors (Lipinski definition) is 7. The quantitative estimate of drug-likeness (QED) is 0.449. The van der Waals surface area contributed by atoms with Crippen LogP contribution in [0.1, 0.15) is 18.4 Å². The third-order valence-corrected chi connectivity index (χ3v) is 5.88. The number of hydrogen-bond donors (Lipinski definition) is 0. The van der Waals surface area contributed by atoms with E-state index < -0.39 is 0 Å². The summed E-state index contributed by atoms with van der Waals surface area (Å²) in [5.74, 6) is 3.29. The van der Waals surface area contributed by atoms with Gasteiger partial charge in [-0.1, -0.05) is 24.8 Å². The van der Waals surface area contributed by atoms with Crippen LogP contribution in [0, 0.1) is 0 Å². The maximum Gasteiger partial charge on any atom is 0.231 e. The molecule has 6 nitrogen and oxygen atoms in total. The topological polar surface area (TPSA) is 62.1 Å². The predicted molar refractivity (Wildman–Crippen MR) is 103 cm³/mol. The molecular weight excluding hydrogens is 368 g/mol. The summed E-state index contributed by atoms with van der Waals surface area (Å²) < 4.78 is 12.9. The number of thiazole rings is 1. The summed E-state index contributed by atoms with van der Waals surface area (Å²) in [6.07, 6.45) is 2.72. The Morgan fingerprint density at radius 2 is 2.19 bits per heavy atom. The molecule has 0 N–H and O–H groups in total. The molecule has 1 aromatic carbocycles. The highest BCUT2D eigenvalue weighted by molar-refractivity contribution is 7.98. The lowest BCUT2D eigenvalue weighted by atomic mass is 10.2. The van der Waals surface area contributed by atoms with E-state index in [1.54, 1.807) is 23.1 Å². The molecule has 8 heteroatoms. The number of nitrogens with zero attached hydrogens (tertiary/aromatic N) is 4. The highest BCUT2D eigenvalue weighted by Gasteiger charge is 2.16. The van der Waals surface area contributed by atoms with E-state index in [1.807, 2.05) is 24.3 Å². The van der Waals surface area contributed by atoms with E-state index in [9.17, 15) is 0 Å². The fourth-order valence-corrected chi connectivity index (χ4v) is 4.46. The van der Waals surface area contributed by atoms with Crippen LogP contribution in [0.5, 0.6) is 11.5 Å². The zero-order valence-corrected chi connectivity index (χ0v) is 16.0. The van der Waals surface area contributed by atoms with Gasteiger partial charge in [-0.05, 0) is 18.2 Å². The molecule has 1 aliphatic heterocycles. The summed E-state index contributed by atoms with van der Waals surface area (Å²) in [6, 6.07) is 5.92. The van der Waals surface area contributed by atoms with Gasteiger partial charge in [0.1, 0.15) is 10.8 Å². The average molecular weight is 387 g/mol. The lowest BCUT2D eigenvalue weighted by Gasteiger charge is -2.05. The van der Waals surface area contributed by atoms with Crippen molar-refractivity contribution in [2.24, 2.45) is 0 Å². The van der Waals surface area contributed by atoms with Crippen LogP contribution in [0.4, 0.5) is 0 Å². The minimum atomic E-state index is 0.281. The molecule has 2 aromatic heterocycles. The lowest BCUT2D eigenvalue weighted by Crippen LogP contribution is -2.02. The molecule has 0 bridgehead atoms. The molecule has 0 saturated heterocycles. The lowest BCUT2D eigenvalue weighted by molar-refractivity contribution is 0.174. The van der Waals surface area contributed by atoms with Crippen molar-refractivity contribution in [1.29, 1.82) is 0 Å². The van der Waals surface area contributed by atoms with Crippen molar-refractivity contribution in [2.75, 3.05) is 6.79 Å². The first-order valence-corrected chi connectivity index (χ1v) is 10.1. The SMILES string of the molecule is C=CCn1c(CC)nnc1SCc1csc(-c2ccc3c(c2)OCO3)n1. The number of rotatable bonds is 7. The van der Waals surface area contributed by atoms with Gasteiger partial charge < -0.3 is 14.0 Å². The number of fused-ring (bicyclic) bond motifs is 1. The van der Waals surface area contributed by atoms with Crippen LogP contribution < -0.4 is 9.47 Å². The monoisotopic (exact) mass is 386 g/mol. The number of ether oxygens (including phenoxy) is 2. The maximum atomic E-state index is 5.45. The Bertz CT molecular complexity index is 935. The fourth-order valence-electron chi connectivity index (χ4n) is 2.67. The summed E-state index contributed by atoms with van der Waals surface area (Å²) >= 11 is 3.27. The highest BCUT2D eigenvalue weighted by atomic mass is 32.2. The molecule has 0 fully saturated rings. The van der Waals surface area contributed by atoms with Crippen LogP contribution in [0.25, 0.3) is 10.6 Å².